The van der Waals surface area contributed by atoms with E-state index in [2.05, 4.69) is 6.07 Å². The van der Waals surface area contributed by atoms with Crippen molar-refractivity contribution in [3.05, 3.63) is 75.9 Å². The first-order valence-corrected chi connectivity index (χ1v) is 8.24. The van der Waals surface area contributed by atoms with Crippen LogP contribution in [0.5, 0.6) is 11.6 Å². The molecule has 0 saturated carbocycles. The van der Waals surface area contributed by atoms with E-state index in [1.54, 1.807) is 10.6 Å². The van der Waals surface area contributed by atoms with E-state index in [-0.39, 0.29) is 0 Å². The number of hydrogen-bond acceptors (Lipinski definition) is 3. The molecule has 0 aliphatic rings. The summed E-state index contributed by atoms with van der Waals surface area (Å²) in [6.07, 6.45) is 0. The Labute approximate surface area is 152 Å². The molecule has 1 heterocycles. The van der Waals surface area contributed by atoms with Crippen molar-refractivity contribution >= 4 is 17.3 Å². The average molecular weight is 352 g/mol. The van der Waals surface area contributed by atoms with Gasteiger partial charge in [0.1, 0.15) is 17.5 Å². The van der Waals surface area contributed by atoms with Crippen LogP contribution >= 0.6 is 11.6 Å². The molecule has 5 heteroatoms. The van der Waals surface area contributed by atoms with E-state index in [0.29, 0.717) is 28.8 Å². The molecule has 1 aromatic heterocycles. The Hall–Kier alpha value is -2.90. The number of ether oxygens (including phenoxy) is 1. The molecule has 0 atom stereocenters. The van der Waals surface area contributed by atoms with Gasteiger partial charge in [-0.3, -0.25) is 4.57 Å². The number of nitrogens with zero attached hydrogens (tertiary/aromatic N) is 2. The number of nitrogens with two attached hydrogens (primary N) is 1. The summed E-state index contributed by atoms with van der Waals surface area (Å²) in [6.45, 7) is 4.45. The number of hydrogen-bond donors (Lipinski definition) is 1. The van der Waals surface area contributed by atoms with Crippen LogP contribution in [-0.2, 0) is 6.54 Å². The second kappa shape index (κ2) is 6.92. The van der Waals surface area contributed by atoms with Gasteiger partial charge in [-0.05, 0) is 48.7 Å². The van der Waals surface area contributed by atoms with Crippen molar-refractivity contribution in [1.29, 1.82) is 5.26 Å². The third kappa shape index (κ3) is 3.62. The van der Waals surface area contributed by atoms with Gasteiger partial charge in [0.15, 0.2) is 0 Å². The van der Waals surface area contributed by atoms with Gasteiger partial charge in [-0.1, -0.05) is 35.9 Å². The molecule has 0 saturated heterocycles. The summed E-state index contributed by atoms with van der Waals surface area (Å²) in [5.74, 6) is 1.20. The first-order valence-electron chi connectivity index (χ1n) is 7.86. The standard InChI is InChI=1S/C20H18ClN3O/c1-13-3-4-14(2)19(9-13)25-20-18(23)10-17(11-22)24(20)12-15-5-7-16(21)8-6-15/h3-10H,12,23H2,1-2H3. The molecule has 0 amide bonds. The van der Waals surface area contributed by atoms with Gasteiger partial charge in [0.05, 0.1) is 12.2 Å². The highest BCUT2D eigenvalue weighted by molar-refractivity contribution is 6.30. The molecule has 0 fully saturated rings. The maximum absolute atomic E-state index is 9.44. The average Bonchev–Trinajstić information content (AvgIpc) is 2.88. The van der Waals surface area contributed by atoms with E-state index in [1.165, 1.54) is 0 Å². The molecular formula is C20H18ClN3O. The third-order valence-electron chi connectivity index (χ3n) is 3.99. The predicted molar refractivity (Wildman–Crippen MR) is 100 cm³/mol. The van der Waals surface area contributed by atoms with Crippen LogP contribution in [0.15, 0.2) is 48.5 Å². The molecule has 4 nitrogen and oxygen atoms in total. The van der Waals surface area contributed by atoms with Crippen LogP contribution in [0.4, 0.5) is 5.69 Å². The highest BCUT2D eigenvalue weighted by Crippen LogP contribution is 2.33. The lowest BCUT2D eigenvalue weighted by atomic mass is 10.1. The molecule has 0 radical (unpaired) electrons. The number of benzene rings is 2. The fourth-order valence-corrected chi connectivity index (χ4v) is 2.74. The van der Waals surface area contributed by atoms with Crippen LogP contribution in [0.1, 0.15) is 22.4 Å². The summed E-state index contributed by atoms with van der Waals surface area (Å²) in [4.78, 5) is 0. The Bertz CT molecular complexity index is 952. The van der Waals surface area contributed by atoms with Gasteiger partial charge in [0.2, 0.25) is 5.88 Å². The van der Waals surface area contributed by atoms with Crippen molar-refractivity contribution in [3.63, 3.8) is 0 Å². The minimum atomic E-state index is 0.436. The van der Waals surface area contributed by atoms with Crippen molar-refractivity contribution in [2.24, 2.45) is 0 Å². The topological polar surface area (TPSA) is 64.0 Å². The summed E-state index contributed by atoms with van der Waals surface area (Å²) >= 11 is 5.94. The minimum absolute atomic E-state index is 0.436. The van der Waals surface area contributed by atoms with Crippen LogP contribution in [-0.4, -0.2) is 4.57 Å². The number of nitriles is 1. The Morgan fingerprint density at radius 2 is 1.84 bits per heavy atom. The van der Waals surface area contributed by atoms with E-state index in [1.807, 2.05) is 56.3 Å². The van der Waals surface area contributed by atoms with Crippen molar-refractivity contribution in [3.8, 4) is 17.7 Å². The molecule has 0 aliphatic carbocycles. The zero-order valence-corrected chi connectivity index (χ0v) is 14.8. The molecule has 2 aromatic carbocycles. The van der Waals surface area contributed by atoms with Crippen molar-refractivity contribution in [2.45, 2.75) is 20.4 Å². The van der Waals surface area contributed by atoms with Gasteiger partial charge < -0.3 is 10.5 Å². The minimum Gasteiger partial charge on any atom is -0.438 e. The Morgan fingerprint density at radius 1 is 1.12 bits per heavy atom. The number of nitrogen functional groups attached to an aromatic ring is 1. The maximum atomic E-state index is 9.44. The number of aromatic nitrogens is 1. The second-order valence-corrected chi connectivity index (χ2v) is 6.42. The number of rotatable bonds is 4. The van der Waals surface area contributed by atoms with Gasteiger partial charge in [-0.15, -0.1) is 0 Å². The van der Waals surface area contributed by atoms with Gasteiger partial charge in [0, 0.05) is 11.1 Å². The molecule has 0 spiro atoms. The lowest BCUT2D eigenvalue weighted by Crippen LogP contribution is -2.05. The van der Waals surface area contributed by atoms with Gasteiger partial charge in [0.25, 0.3) is 0 Å². The number of aryl methyl sites for hydroxylation is 2. The normalized spacial score (nSPS) is 10.5. The van der Waals surface area contributed by atoms with Crippen LogP contribution in [0.25, 0.3) is 0 Å². The predicted octanol–water partition coefficient (Wildman–Crippen LogP) is 5.05. The van der Waals surface area contributed by atoms with E-state index in [4.69, 9.17) is 22.1 Å². The zero-order valence-electron chi connectivity index (χ0n) is 14.1. The van der Waals surface area contributed by atoms with Gasteiger partial charge >= 0.3 is 0 Å². The summed E-state index contributed by atoms with van der Waals surface area (Å²) in [7, 11) is 0. The summed E-state index contributed by atoms with van der Waals surface area (Å²) < 4.78 is 7.87. The molecular weight excluding hydrogens is 334 g/mol. The van der Waals surface area contributed by atoms with E-state index < -0.39 is 0 Å². The molecule has 0 aliphatic heterocycles. The maximum Gasteiger partial charge on any atom is 0.224 e. The SMILES string of the molecule is Cc1ccc(C)c(Oc2c(N)cc(C#N)n2Cc2ccc(Cl)cc2)c1. The van der Waals surface area contributed by atoms with Gasteiger partial charge in [-0.25, -0.2) is 0 Å². The number of halogens is 1. The van der Waals surface area contributed by atoms with Gasteiger partial charge in [-0.2, -0.15) is 5.26 Å². The highest BCUT2D eigenvalue weighted by Gasteiger charge is 2.16. The Kier molecular flexibility index (Phi) is 4.69. The number of anilines is 1. The van der Waals surface area contributed by atoms with Crippen LogP contribution < -0.4 is 10.5 Å². The molecule has 25 heavy (non-hydrogen) atoms. The molecule has 0 unspecified atom stereocenters. The quantitative estimate of drug-likeness (QED) is 0.715. The van der Waals surface area contributed by atoms with E-state index in [9.17, 15) is 5.26 Å². The van der Waals surface area contributed by atoms with Crippen molar-refractivity contribution in [2.75, 3.05) is 5.73 Å². The van der Waals surface area contributed by atoms with Crippen LogP contribution in [0.2, 0.25) is 5.02 Å². The zero-order chi connectivity index (χ0) is 18.0. The summed E-state index contributed by atoms with van der Waals surface area (Å²) in [5, 5.41) is 10.1. The van der Waals surface area contributed by atoms with Crippen LogP contribution in [0, 0.1) is 25.2 Å². The van der Waals surface area contributed by atoms with Crippen LogP contribution in [0.3, 0.4) is 0 Å². The third-order valence-corrected chi connectivity index (χ3v) is 4.25. The highest BCUT2D eigenvalue weighted by atomic mass is 35.5. The fraction of sp³-hybridized carbons (Fsp3) is 0.150. The first kappa shape index (κ1) is 16.9. The molecule has 126 valence electrons. The van der Waals surface area contributed by atoms with Crippen molar-refractivity contribution in [1.82, 2.24) is 4.57 Å². The van der Waals surface area contributed by atoms with E-state index in [0.717, 1.165) is 22.4 Å². The second-order valence-electron chi connectivity index (χ2n) is 5.99. The molecule has 0 bridgehead atoms. The largest absolute Gasteiger partial charge is 0.438 e. The molecule has 2 N–H and O–H groups in total. The monoisotopic (exact) mass is 351 g/mol. The first-order chi connectivity index (χ1) is 12.0. The van der Waals surface area contributed by atoms with Crippen molar-refractivity contribution < 1.29 is 4.74 Å². The molecule has 3 aromatic rings. The molecule has 3 rings (SSSR count). The summed E-state index contributed by atoms with van der Waals surface area (Å²) in [5.41, 5.74) is 10.1. The smallest absolute Gasteiger partial charge is 0.224 e. The Morgan fingerprint density at radius 3 is 2.52 bits per heavy atom. The lowest BCUT2D eigenvalue weighted by Gasteiger charge is -2.14. The van der Waals surface area contributed by atoms with E-state index >= 15 is 0 Å². The summed E-state index contributed by atoms with van der Waals surface area (Å²) in [6, 6.07) is 17.3. The fourth-order valence-electron chi connectivity index (χ4n) is 2.61. The lowest BCUT2D eigenvalue weighted by molar-refractivity contribution is 0.434. The Balaban J connectivity index is 2.01.